The van der Waals surface area contributed by atoms with Gasteiger partial charge in [-0.05, 0) is 19.3 Å². The standard InChI is InChI=1S/C9H13F3N2O/c1-15-7-4-2-3-6(5-7)8(13-14-8)9(10,11)12/h6-7H,2-5H2,1H3. The largest absolute Gasteiger partial charge is 0.437 e. The van der Waals surface area contributed by atoms with Gasteiger partial charge in [0, 0.05) is 13.0 Å². The fraction of sp³-hybridized carbons (Fsp3) is 1.00. The Labute approximate surface area is 85.7 Å². The summed E-state index contributed by atoms with van der Waals surface area (Å²) in [5, 5.41) is 6.48. The molecule has 1 fully saturated rings. The van der Waals surface area contributed by atoms with Crippen LogP contribution in [0, 0.1) is 5.92 Å². The molecule has 86 valence electrons. The lowest BCUT2D eigenvalue weighted by atomic mass is 9.80. The minimum atomic E-state index is -4.34. The molecule has 0 bridgehead atoms. The summed E-state index contributed by atoms with van der Waals surface area (Å²) in [5.41, 5.74) is -2.09. The van der Waals surface area contributed by atoms with Crippen LogP contribution < -0.4 is 0 Å². The van der Waals surface area contributed by atoms with E-state index in [1.165, 1.54) is 7.11 Å². The van der Waals surface area contributed by atoms with Crippen LogP contribution in [0.1, 0.15) is 25.7 Å². The highest BCUT2D eigenvalue weighted by Crippen LogP contribution is 2.53. The first-order valence-electron chi connectivity index (χ1n) is 5.03. The van der Waals surface area contributed by atoms with E-state index in [1.54, 1.807) is 0 Å². The van der Waals surface area contributed by atoms with Gasteiger partial charge in [0.05, 0.1) is 6.10 Å². The van der Waals surface area contributed by atoms with Crippen molar-refractivity contribution in [1.82, 2.24) is 0 Å². The molecule has 0 N–H and O–H groups in total. The first-order chi connectivity index (χ1) is 6.99. The molecule has 0 aromatic heterocycles. The summed E-state index contributed by atoms with van der Waals surface area (Å²) in [4.78, 5) is 0. The quantitative estimate of drug-likeness (QED) is 0.707. The summed E-state index contributed by atoms with van der Waals surface area (Å²) in [6.45, 7) is 0. The van der Waals surface area contributed by atoms with Crippen LogP contribution in [0.25, 0.3) is 0 Å². The predicted octanol–water partition coefficient (Wildman–Crippen LogP) is 2.92. The molecule has 3 nitrogen and oxygen atoms in total. The zero-order valence-corrected chi connectivity index (χ0v) is 8.42. The second-order valence-corrected chi connectivity index (χ2v) is 4.15. The van der Waals surface area contributed by atoms with Crippen LogP contribution >= 0.6 is 0 Å². The first kappa shape index (κ1) is 10.9. The van der Waals surface area contributed by atoms with Gasteiger partial charge in [-0.2, -0.15) is 13.2 Å². The fourth-order valence-corrected chi connectivity index (χ4v) is 2.29. The Bertz CT molecular complexity index is 271. The summed E-state index contributed by atoms with van der Waals surface area (Å²) < 4.78 is 43.2. The molecule has 0 saturated heterocycles. The number of methoxy groups -OCH3 is 1. The van der Waals surface area contributed by atoms with Crippen molar-refractivity contribution in [2.45, 2.75) is 43.6 Å². The molecule has 0 spiro atoms. The molecule has 1 aliphatic carbocycles. The van der Waals surface area contributed by atoms with Gasteiger partial charge in [-0.1, -0.05) is 6.42 Å². The van der Waals surface area contributed by atoms with Crippen molar-refractivity contribution in [1.29, 1.82) is 0 Å². The number of hydrogen-bond donors (Lipinski definition) is 0. The van der Waals surface area contributed by atoms with Gasteiger partial charge >= 0.3 is 6.18 Å². The highest BCUT2D eigenvalue weighted by atomic mass is 19.4. The van der Waals surface area contributed by atoms with E-state index in [2.05, 4.69) is 10.2 Å². The Morgan fingerprint density at radius 2 is 1.93 bits per heavy atom. The highest BCUT2D eigenvalue weighted by molar-refractivity contribution is 5.06. The van der Waals surface area contributed by atoms with Crippen LogP contribution in [0.4, 0.5) is 13.2 Å². The normalized spacial score (nSPS) is 34.1. The molecule has 1 heterocycles. The Kier molecular flexibility index (Phi) is 2.48. The molecule has 0 radical (unpaired) electrons. The van der Waals surface area contributed by atoms with Crippen molar-refractivity contribution in [2.24, 2.45) is 16.1 Å². The maximum Gasteiger partial charge on any atom is 0.437 e. The number of rotatable bonds is 2. The first-order valence-corrected chi connectivity index (χ1v) is 5.03. The summed E-state index contributed by atoms with van der Waals surface area (Å²) in [7, 11) is 1.54. The second-order valence-electron chi connectivity index (χ2n) is 4.15. The highest BCUT2D eigenvalue weighted by Gasteiger charge is 2.68. The van der Waals surface area contributed by atoms with E-state index in [0.29, 0.717) is 12.8 Å². The molecule has 0 aromatic rings. The number of alkyl halides is 3. The van der Waals surface area contributed by atoms with Crippen LogP contribution in [0.3, 0.4) is 0 Å². The van der Waals surface area contributed by atoms with Crippen LogP contribution in [-0.4, -0.2) is 25.1 Å². The summed E-state index contributed by atoms with van der Waals surface area (Å²) in [5.74, 6) is -0.531. The molecular weight excluding hydrogens is 209 g/mol. The number of halogens is 3. The van der Waals surface area contributed by atoms with E-state index in [0.717, 1.165) is 12.8 Å². The molecule has 15 heavy (non-hydrogen) atoms. The van der Waals surface area contributed by atoms with Gasteiger partial charge in [-0.3, -0.25) is 0 Å². The van der Waals surface area contributed by atoms with Gasteiger partial charge in [0.2, 0.25) is 0 Å². The summed E-state index contributed by atoms with van der Waals surface area (Å²) in [6, 6.07) is 0. The molecular formula is C9H13F3N2O. The monoisotopic (exact) mass is 222 g/mol. The van der Waals surface area contributed by atoms with E-state index in [-0.39, 0.29) is 6.10 Å². The van der Waals surface area contributed by atoms with E-state index in [9.17, 15) is 13.2 Å². The molecule has 0 amide bonds. The molecule has 2 atom stereocenters. The maximum absolute atomic E-state index is 12.7. The van der Waals surface area contributed by atoms with Crippen molar-refractivity contribution < 1.29 is 17.9 Å². The number of hydrogen-bond acceptors (Lipinski definition) is 3. The van der Waals surface area contributed by atoms with Gasteiger partial charge < -0.3 is 4.74 Å². The zero-order valence-electron chi connectivity index (χ0n) is 8.42. The Morgan fingerprint density at radius 1 is 1.27 bits per heavy atom. The van der Waals surface area contributed by atoms with E-state index < -0.39 is 17.8 Å². The minimum absolute atomic E-state index is 0.0750. The maximum atomic E-state index is 12.7. The van der Waals surface area contributed by atoms with Crippen LogP contribution in [-0.2, 0) is 4.74 Å². The lowest BCUT2D eigenvalue weighted by Crippen LogP contribution is -2.43. The smallest absolute Gasteiger partial charge is 0.381 e. The third-order valence-corrected chi connectivity index (χ3v) is 3.26. The average molecular weight is 222 g/mol. The van der Waals surface area contributed by atoms with Crippen molar-refractivity contribution in [3.8, 4) is 0 Å². The molecule has 1 saturated carbocycles. The van der Waals surface area contributed by atoms with Crippen molar-refractivity contribution in [3.63, 3.8) is 0 Å². The van der Waals surface area contributed by atoms with Crippen LogP contribution in [0.15, 0.2) is 10.2 Å². The number of nitrogens with zero attached hydrogens (tertiary/aromatic N) is 2. The lowest BCUT2D eigenvalue weighted by Gasteiger charge is -2.32. The third-order valence-electron chi connectivity index (χ3n) is 3.26. The lowest BCUT2D eigenvalue weighted by molar-refractivity contribution is -0.182. The summed E-state index contributed by atoms with van der Waals surface area (Å²) in [6.07, 6.45) is -1.88. The van der Waals surface area contributed by atoms with Gasteiger partial charge in [0.1, 0.15) is 0 Å². The average Bonchev–Trinajstić information content (AvgIpc) is 2.97. The zero-order chi connectivity index (χ0) is 11.1. The van der Waals surface area contributed by atoms with Gasteiger partial charge in [0.25, 0.3) is 5.66 Å². The van der Waals surface area contributed by atoms with Gasteiger partial charge in [-0.25, -0.2) is 0 Å². The van der Waals surface area contributed by atoms with Gasteiger partial charge in [-0.15, -0.1) is 10.2 Å². The predicted molar refractivity (Wildman–Crippen MR) is 46.4 cm³/mol. The van der Waals surface area contributed by atoms with E-state index in [1.807, 2.05) is 0 Å². The molecule has 6 heteroatoms. The van der Waals surface area contributed by atoms with E-state index in [4.69, 9.17) is 4.74 Å². The molecule has 1 aliphatic heterocycles. The Morgan fingerprint density at radius 3 is 2.40 bits per heavy atom. The topological polar surface area (TPSA) is 34.0 Å². The van der Waals surface area contributed by atoms with Gasteiger partial charge in [0.15, 0.2) is 0 Å². The molecule has 2 unspecified atom stereocenters. The minimum Gasteiger partial charge on any atom is -0.381 e. The van der Waals surface area contributed by atoms with Crippen molar-refractivity contribution in [2.75, 3.05) is 7.11 Å². The van der Waals surface area contributed by atoms with Crippen molar-refractivity contribution in [3.05, 3.63) is 0 Å². The molecule has 2 aliphatic rings. The SMILES string of the molecule is COC1CCCC(C2(C(F)(F)F)N=N2)C1. The fourth-order valence-electron chi connectivity index (χ4n) is 2.29. The molecule has 2 rings (SSSR count). The molecule has 0 aromatic carbocycles. The van der Waals surface area contributed by atoms with Crippen LogP contribution in [0.2, 0.25) is 0 Å². The Balaban J connectivity index is 2.05. The van der Waals surface area contributed by atoms with Crippen LogP contribution in [0.5, 0.6) is 0 Å². The van der Waals surface area contributed by atoms with Crippen molar-refractivity contribution >= 4 is 0 Å². The third kappa shape index (κ3) is 1.75. The Hall–Kier alpha value is -0.650. The van der Waals surface area contributed by atoms with E-state index >= 15 is 0 Å². The number of ether oxygens (including phenoxy) is 1. The summed E-state index contributed by atoms with van der Waals surface area (Å²) >= 11 is 0. The second kappa shape index (κ2) is 3.43.